The van der Waals surface area contributed by atoms with Crippen molar-refractivity contribution in [2.45, 2.75) is 65.3 Å². The van der Waals surface area contributed by atoms with Crippen LogP contribution in [0.15, 0.2) is 30.3 Å². The fourth-order valence-corrected chi connectivity index (χ4v) is 3.57. The Bertz CT molecular complexity index is 793. The van der Waals surface area contributed by atoms with E-state index in [1.54, 1.807) is 11.8 Å². The van der Waals surface area contributed by atoms with Gasteiger partial charge >= 0.3 is 6.09 Å². The van der Waals surface area contributed by atoms with E-state index in [9.17, 15) is 14.4 Å². The third kappa shape index (κ3) is 11.2. The zero-order chi connectivity index (χ0) is 24.8. The molecule has 182 valence electrons. The minimum absolute atomic E-state index is 0.0982. The first-order valence-corrected chi connectivity index (χ1v) is 12.6. The van der Waals surface area contributed by atoms with Crippen molar-refractivity contribution >= 4 is 29.7 Å². The van der Waals surface area contributed by atoms with Gasteiger partial charge in [0.1, 0.15) is 18.7 Å². The van der Waals surface area contributed by atoms with Crippen molar-refractivity contribution in [1.82, 2.24) is 16.0 Å². The maximum atomic E-state index is 13.0. The third-order valence-corrected chi connectivity index (χ3v) is 5.55. The molecule has 0 radical (unpaired) electrons. The van der Waals surface area contributed by atoms with Crippen LogP contribution in [0.2, 0.25) is 0 Å². The van der Waals surface area contributed by atoms with Crippen LogP contribution in [0.3, 0.4) is 0 Å². The van der Waals surface area contributed by atoms with E-state index in [-0.39, 0.29) is 24.3 Å². The fourth-order valence-electron chi connectivity index (χ4n) is 3.10. The summed E-state index contributed by atoms with van der Waals surface area (Å²) in [5.41, 5.74) is 0.844. The van der Waals surface area contributed by atoms with Gasteiger partial charge in [-0.2, -0.15) is 11.8 Å². The van der Waals surface area contributed by atoms with Gasteiger partial charge in [0, 0.05) is 0 Å². The number of terminal acetylenes is 1. The van der Waals surface area contributed by atoms with Gasteiger partial charge in [0.25, 0.3) is 0 Å². The van der Waals surface area contributed by atoms with Crippen LogP contribution in [0.25, 0.3) is 0 Å². The van der Waals surface area contributed by atoms with E-state index in [4.69, 9.17) is 11.2 Å². The van der Waals surface area contributed by atoms with Gasteiger partial charge in [0.15, 0.2) is 0 Å². The Balaban J connectivity index is 2.78. The van der Waals surface area contributed by atoms with Crippen LogP contribution in [0.4, 0.5) is 4.79 Å². The Morgan fingerprint density at radius 3 is 2.24 bits per heavy atom. The topological polar surface area (TPSA) is 96.5 Å². The van der Waals surface area contributed by atoms with E-state index in [2.05, 4.69) is 21.9 Å². The molecule has 0 aliphatic carbocycles. The summed E-state index contributed by atoms with van der Waals surface area (Å²) in [6.07, 6.45) is 7.93. The molecule has 0 aromatic heterocycles. The van der Waals surface area contributed by atoms with E-state index >= 15 is 0 Å². The first-order chi connectivity index (χ1) is 15.7. The first kappa shape index (κ1) is 28.4. The molecule has 3 N–H and O–H groups in total. The van der Waals surface area contributed by atoms with Crippen LogP contribution in [0.5, 0.6) is 0 Å². The van der Waals surface area contributed by atoms with Crippen molar-refractivity contribution in [3.8, 4) is 12.3 Å². The Hall–Kier alpha value is -2.66. The monoisotopic (exact) mass is 475 g/mol. The summed E-state index contributed by atoms with van der Waals surface area (Å²) in [4.78, 5) is 38.2. The van der Waals surface area contributed by atoms with Crippen molar-refractivity contribution < 1.29 is 19.1 Å². The van der Waals surface area contributed by atoms with E-state index < -0.39 is 30.1 Å². The summed E-state index contributed by atoms with van der Waals surface area (Å²) < 4.78 is 5.25. The molecule has 0 aliphatic rings. The normalized spacial score (nSPS) is 13.5. The molecule has 0 spiro atoms. The predicted molar refractivity (Wildman–Crippen MR) is 134 cm³/mol. The number of benzene rings is 1. The van der Waals surface area contributed by atoms with Crippen LogP contribution >= 0.6 is 11.8 Å². The molecule has 1 aromatic rings. The number of alkyl carbamates (subject to hydrolysis) is 1. The molecule has 1 rings (SSSR count). The van der Waals surface area contributed by atoms with Crippen molar-refractivity contribution in [2.24, 2.45) is 11.8 Å². The average Bonchev–Trinajstić information content (AvgIpc) is 2.78. The average molecular weight is 476 g/mol. The summed E-state index contributed by atoms with van der Waals surface area (Å²) in [6, 6.07) is 7.26. The standard InChI is InChI=1S/C25H37N3O4S/c1-7-20(13-14-33-6)26-23(29)21(15-17(2)3)27-24(30)22(18(4)5)28-25(31)32-16-19-11-9-8-10-12-19/h1,8-12,17-18,20-22H,13-16H2,2-6H3,(H,26,29)(H,27,30)(H,28,31)/t20-,21+,22+/m1/s1. The SMILES string of the molecule is C#C[C@H](CCSC)NC(=O)[C@H](CC(C)C)NC(=O)[C@@H](NC(=O)OCc1ccccc1)C(C)C. The van der Waals surface area contributed by atoms with Gasteiger partial charge < -0.3 is 20.7 Å². The van der Waals surface area contributed by atoms with E-state index in [1.165, 1.54) is 0 Å². The number of carbonyl (C=O) groups is 3. The highest BCUT2D eigenvalue weighted by molar-refractivity contribution is 7.98. The van der Waals surface area contributed by atoms with Crippen molar-refractivity contribution in [2.75, 3.05) is 12.0 Å². The van der Waals surface area contributed by atoms with E-state index in [0.717, 1.165) is 11.3 Å². The van der Waals surface area contributed by atoms with Crippen molar-refractivity contribution in [3.05, 3.63) is 35.9 Å². The van der Waals surface area contributed by atoms with Crippen LogP contribution in [0.1, 0.15) is 46.1 Å². The maximum absolute atomic E-state index is 13.0. The van der Waals surface area contributed by atoms with Crippen LogP contribution in [-0.2, 0) is 20.9 Å². The highest BCUT2D eigenvalue weighted by atomic mass is 32.2. The number of hydrogen-bond donors (Lipinski definition) is 3. The van der Waals surface area contributed by atoms with Gasteiger partial charge in [-0.1, -0.05) is 63.9 Å². The number of carbonyl (C=O) groups excluding carboxylic acids is 3. The minimum atomic E-state index is -0.851. The molecular weight excluding hydrogens is 438 g/mol. The molecule has 33 heavy (non-hydrogen) atoms. The lowest BCUT2D eigenvalue weighted by Gasteiger charge is -2.26. The van der Waals surface area contributed by atoms with Gasteiger partial charge in [-0.3, -0.25) is 9.59 Å². The molecule has 7 nitrogen and oxygen atoms in total. The minimum Gasteiger partial charge on any atom is -0.445 e. The predicted octanol–water partition coefficient (Wildman–Crippen LogP) is 3.34. The lowest BCUT2D eigenvalue weighted by molar-refractivity contribution is -0.131. The van der Waals surface area contributed by atoms with Crippen LogP contribution in [0, 0.1) is 24.2 Å². The summed E-state index contributed by atoms with van der Waals surface area (Å²) in [6.45, 7) is 7.67. The quantitative estimate of drug-likeness (QED) is 0.380. The summed E-state index contributed by atoms with van der Waals surface area (Å²) >= 11 is 1.65. The lowest BCUT2D eigenvalue weighted by atomic mass is 9.99. The number of hydrogen-bond acceptors (Lipinski definition) is 5. The lowest BCUT2D eigenvalue weighted by Crippen LogP contribution is -2.56. The summed E-state index contributed by atoms with van der Waals surface area (Å²) in [7, 11) is 0. The molecular formula is C25H37N3O4S. The fraction of sp³-hybridized carbons (Fsp3) is 0.560. The molecule has 3 amide bonds. The molecule has 0 saturated carbocycles. The molecule has 3 atom stereocenters. The summed E-state index contributed by atoms with van der Waals surface area (Å²) in [5, 5.41) is 8.27. The number of ether oxygens (including phenoxy) is 1. The second-order valence-electron chi connectivity index (χ2n) is 8.63. The zero-order valence-corrected chi connectivity index (χ0v) is 21.0. The van der Waals surface area contributed by atoms with Gasteiger partial charge in [-0.25, -0.2) is 4.79 Å². The van der Waals surface area contributed by atoms with Crippen LogP contribution in [-0.4, -0.2) is 48.0 Å². The Morgan fingerprint density at radius 1 is 1.03 bits per heavy atom. The van der Waals surface area contributed by atoms with Crippen molar-refractivity contribution in [1.29, 1.82) is 0 Å². The largest absolute Gasteiger partial charge is 0.445 e. The van der Waals surface area contributed by atoms with Gasteiger partial charge in [0.2, 0.25) is 11.8 Å². The summed E-state index contributed by atoms with van der Waals surface area (Å²) in [5.74, 6) is 2.60. The van der Waals surface area contributed by atoms with E-state index in [1.807, 2.05) is 64.3 Å². The molecule has 8 heteroatoms. The van der Waals surface area contributed by atoms with Crippen LogP contribution < -0.4 is 16.0 Å². The molecule has 0 unspecified atom stereocenters. The molecule has 1 aromatic carbocycles. The number of amides is 3. The van der Waals surface area contributed by atoms with Gasteiger partial charge in [-0.05, 0) is 42.2 Å². The Morgan fingerprint density at radius 2 is 1.70 bits per heavy atom. The zero-order valence-electron chi connectivity index (χ0n) is 20.2. The smallest absolute Gasteiger partial charge is 0.408 e. The maximum Gasteiger partial charge on any atom is 0.408 e. The highest BCUT2D eigenvalue weighted by Crippen LogP contribution is 2.10. The number of nitrogens with one attached hydrogen (secondary N) is 3. The number of thioether (sulfide) groups is 1. The Labute approximate surface area is 202 Å². The third-order valence-electron chi connectivity index (χ3n) is 4.90. The first-order valence-electron chi connectivity index (χ1n) is 11.2. The van der Waals surface area contributed by atoms with Gasteiger partial charge in [-0.15, -0.1) is 6.42 Å². The molecule has 0 bridgehead atoms. The molecule has 0 heterocycles. The van der Waals surface area contributed by atoms with Crippen molar-refractivity contribution in [3.63, 3.8) is 0 Å². The number of rotatable bonds is 13. The van der Waals surface area contributed by atoms with Gasteiger partial charge in [0.05, 0.1) is 6.04 Å². The second kappa shape index (κ2) is 15.2. The molecule has 0 fully saturated rings. The highest BCUT2D eigenvalue weighted by Gasteiger charge is 2.30. The van der Waals surface area contributed by atoms with E-state index in [0.29, 0.717) is 12.8 Å². The molecule has 0 aliphatic heterocycles. The molecule has 0 saturated heterocycles. The second-order valence-corrected chi connectivity index (χ2v) is 9.61. The Kier molecular flexibility index (Phi) is 13.1.